The van der Waals surface area contributed by atoms with E-state index in [-0.39, 0.29) is 5.60 Å². The number of hydrogen-bond donors (Lipinski definition) is 1. The molecule has 0 radical (unpaired) electrons. The Morgan fingerprint density at radius 1 is 1.35 bits per heavy atom. The zero-order valence-corrected chi connectivity index (χ0v) is 13.0. The molecule has 1 saturated carbocycles. The Balaban J connectivity index is 1.97. The van der Waals surface area contributed by atoms with Crippen molar-refractivity contribution < 1.29 is 4.74 Å². The van der Waals surface area contributed by atoms with Gasteiger partial charge in [-0.15, -0.1) is 0 Å². The molecule has 2 aliphatic rings. The number of nitrogens with one attached hydrogen (secondary N) is 1. The van der Waals surface area contributed by atoms with Crippen molar-refractivity contribution in [2.45, 2.75) is 70.6 Å². The topological polar surface area (TPSA) is 39.1 Å². The van der Waals surface area contributed by atoms with Gasteiger partial charge < -0.3 is 14.6 Å². The summed E-state index contributed by atoms with van der Waals surface area (Å²) in [4.78, 5) is 5.00. The second kappa shape index (κ2) is 5.49. The van der Waals surface area contributed by atoms with Gasteiger partial charge in [-0.1, -0.05) is 12.8 Å². The lowest BCUT2D eigenvalue weighted by atomic mass is 10.1. The molecule has 1 aliphatic carbocycles. The second-order valence-corrected chi connectivity index (χ2v) is 6.82. The van der Waals surface area contributed by atoms with Crippen molar-refractivity contribution in [3.8, 4) is 0 Å². The fraction of sp³-hybridized carbons (Fsp3) is 0.812. The van der Waals surface area contributed by atoms with E-state index in [0.717, 1.165) is 26.1 Å². The van der Waals surface area contributed by atoms with Crippen LogP contribution in [0.1, 0.15) is 62.7 Å². The quantitative estimate of drug-likeness (QED) is 0.919. The number of rotatable bonds is 4. The summed E-state index contributed by atoms with van der Waals surface area (Å²) in [6, 6.07) is 0. The van der Waals surface area contributed by atoms with E-state index in [1.54, 1.807) is 7.11 Å². The minimum atomic E-state index is -0.132. The predicted molar refractivity (Wildman–Crippen MR) is 79.9 cm³/mol. The van der Waals surface area contributed by atoms with Gasteiger partial charge in [0.2, 0.25) is 0 Å². The summed E-state index contributed by atoms with van der Waals surface area (Å²) < 4.78 is 8.14. The highest BCUT2D eigenvalue weighted by atomic mass is 16.5. The van der Waals surface area contributed by atoms with Gasteiger partial charge in [0.25, 0.3) is 0 Å². The largest absolute Gasteiger partial charge is 0.377 e. The van der Waals surface area contributed by atoms with Crippen LogP contribution in [0.3, 0.4) is 0 Å². The van der Waals surface area contributed by atoms with E-state index < -0.39 is 0 Å². The molecule has 1 aromatic rings. The third-order valence-corrected chi connectivity index (χ3v) is 4.83. The second-order valence-electron chi connectivity index (χ2n) is 6.82. The minimum Gasteiger partial charge on any atom is -0.377 e. The van der Waals surface area contributed by atoms with Gasteiger partial charge in [-0.3, -0.25) is 0 Å². The maximum absolute atomic E-state index is 5.66. The number of aromatic nitrogens is 2. The monoisotopic (exact) mass is 277 g/mol. The number of nitrogens with zero attached hydrogens (tertiary/aromatic N) is 2. The lowest BCUT2D eigenvalue weighted by Gasteiger charge is -2.27. The Morgan fingerprint density at radius 3 is 2.80 bits per heavy atom. The Hall–Kier alpha value is -0.870. The zero-order valence-electron chi connectivity index (χ0n) is 13.0. The van der Waals surface area contributed by atoms with Crippen LogP contribution < -0.4 is 5.32 Å². The maximum atomic E-state index is 5.66. The van der Waals surface area contributed by atoms with Crippen LogP contribution in [0.25, 0.3) is 0 Å². The fourth-order valence-corrected chi connectivity index (χ4v) is 3.51. The van der Waals surface area contributed by atoms with Crippen molar-refractivity contribution in [2.75, 3.05) is 13.7 Å². The molecular formula is C16H27N3O. The summed E-state index contributed by atoms with van der Waals surface area (Å²) in [5, 5.41) is 3.44. The van der Waals surface area contributed by atoms with E-state index in [9.17, 15) is 0 Å². The van der Waals surface area contributed by atoms with E-state index in [4.69, 9.17) is 9.72 Å². The van der Waals surface area contributed by atoms with Gasteiger partial charge in [0.05, 0.1) is 17.8 Å². The Kier molecular flexibility index (Phi) is 3.87. The van der Waals surface area contributed by atoms with Gasteiger partial charge in [0.15, 0.2) is 0 Å². The van der Waals surface area contributed by atoms with Crippen molar-refractivity contribution in [3.63, 3.8) is 0 Å². The molecule has 0 spiro atoms. The molecule has 20 heavy (non-hydrogen) atoms. The van der Waals surface area contributed by atoms with Crippen LogP contribution in [0.2, 0.25) is 0 Å². The highest BCUT2D eigenvalue weighted by Gasteiger charge is 2.29. The third-order valence-electron chi connectivity index (χ3n) is 4.83. The molecule has 2 heterocycles. The smallest absolute Gasteiger partial charge is 0.112 e. The summed E-state index contributed by atoms with van der Waals surface area (Å²) in [5.41, 5.74) is 2.58. The molecule has 1 N–H and O–H groups in total. The van der Waals surface area contributed by atoms with Gasteiger partial charge in [-0.2, -0.15) is 0 Å². The average Bonchev–Trinajstić information content (AvgIpc) is 3.07. The molecule has 0 aromatic carbocycles. The third kappa shape index (κ3) is 2.63. The van der Waals surface area contributed by atoms with Crippen molar-refractivity contribution >= 4 is 0 Å². The highest BCUT2D eigenvalue weighted by Crippen LogP contribution is 2.35. The Morgan fingerprint density at radius 2 is 2.10 bits per heavy atom. The number of fused-ring (bicyclic) bond motifs is 1. The molecular weight excluding hydrogens is 250 g/mol. The zero-order chi connectivity index (χ0) is 14.2. The summed E-state index contributed by atoms with van der Waals surface area (Å²) >= 11 is 0. The molecule has 0 saturated heterocycles. The normalized spacial score (nSPS) is 20.4. The first-order valence-corrected chi connectivity index (χ1v) is 7.95. The fourth-order valence-electron chi connectivity index (χ4n) is 3.51. The SMILES string of the molecule is COC(C)(C)Cn1c(C2CCCC2)nc2c1CCNC2. The van der Waals surface area contributed by atoms with Crippen molar-refractivity contribution in [1.29, 1.82) is 0 Å². The van der Waals surface area contributed by atoms with Gasteiger partial charge in [-0.05, 0) is 26.7 Å². The number of hydrogen-bond acceptors (Lipinski definition) is 3. The molecule has 1 aliphatic heterocycles. The molecule has 112 valence electrons. The Labute approximate surface area is 121 Å². The summed E-state index contributed by atoms with van der Waals surface area (Å²) in [6.07, 6.45) is 6.41. The standard InChI is InChI=1S/C16H27N3O/c1-16(2,20-3)11-19-14-8-9-17-10-13(14)18-15(19)12-6-4-5-7-12/h12,17H,4-11H2,1-3H3. The Bertz CT molecular complexity index is 472. The lowest BCUT2D eigenvalue weighted by molar-refractivity contribution is 0.00668. The van der Waals surface area contributed by atoms with Gasteiger partial charge in [0.1, 0.15) is 5.82 Å². The van der Waals surface area contributed by atoms with Gasteiger partial charge in [-0.25, -0.2) is 4.98 Å². The van der Waals surface area contributed by atoms with Crippen LogP contribution in [0.4, 0.5) is 0 Å². The molecule has 0 bridgehead atoms. The van der Waals surface area contributed by atoms with Crippen molar-refractivity contribution in [2.24, 2.45) is 0 Å². The molecule has 0 amide bonds. The summed E-state index contributed by atoms with van der Waals surface area (Å²) in [7, 11) is 1.81. The van der Waals surface area contributed by atoms with E-state index >= 15 is 0 Å². The minimum absolute atomic E-state index is 0.132. The number of ether oxygens (including phenoxy) is 1. The molecule has 1 fully saturated rings. The van der Waals surface area contributed by atoms with E-state index in [0.29, 0.717) is 5.92 Å². The van der Waals surface area contributed by atoms with Crippen LogP contribution in [-0.4, -0.2) is 28.8 Å². The van der Waals surface area contributed by atoms with Crippen LogP contribution in [0, 0.1) is 0 Å². The maximum Gasteiger partial charge on any atom is 0.112 e. The molecule has 4 heteroatoms. The first-order valence-electron chi connectivity index (χ1n) is 7.95. The molecule has 0 atom stereocenters. The van der Waals surface area contributed by atoms with E-state index in [1.807, 2.05) is 0 Å². The summed E-state index contributed by atoms with van der Waals surface area (Å²) in [6.45, 7) is 7.24. The first-order chi connectivity index (χ1) is 9.61. The molecule has 0 unspecified atom stereocenters. The predicted octanol–water partition coefficient (Wildman–Crippen LogP) is 2.61. The lowest BCUT2D eigenvalue weighted by Crippen LogP contribution is -2.32. The van der Waals surface area contributed by atoms with Crippen molar-refractivity contribution in [3.05, 3.63) is 17.2 Å². The van der Waals surface area contributed by atoms with Gasteiger partial charge >= 0.3 is 0 Å². The first kappa shape index (κ1) is 14.1. The number of methoxy groups -OCH3 is 1. The number of imidazole rings is 1. The van der Waals surface area contributed by atoms with E-state index in [2.05, 4.69) is 23.7 Å². The summed E-state index contributed by atoms with van der Waals surface area (Å²) in [5.74, 6) is 1.98. The van der Waals surface area contributed by atoms with Crippen LogP contribution in [0.5, 0.6) is 0 Å². The van der Waals surface area contributed by atoms with Crippen LogP contribution in [-0.2, 0) is 24.2 Å². The average molecular weight is 277 g/mol. The van der Waals surface area contributed by atoms with Gasteiger partial charge in [0, 0.05) is 38.2 Å². The molecule has 3 rings (SSSR count). The van der Waals surface area contributed by atoms with Crippen LogP contribution in [0.15, 0.2) is 0 Å². The van der Waals surface area contributed by atoms with Crippen LogP contribution >= 0.6 is 0 Å². The van der Waals surface area contributed by atoms with E-state index in [1.165, 1.54) is 42.9 Å². The molecule has 4 nitrogen and oxygen atoms in total. The van der Waals surface area contributed by atoms with Crippen molar-refractivity contribution in [1.82, 2.24) is 14.9 Å². The molecule has 1 aromatic heterocycles. The highest BCUT2D eigenvalue weighted by molar-refractivity contribution is 5.23.